The fraction of sp³-hybridized carbons (Fsp3) is 0.444. The molecule has 86 heavy (non-hydrogen) atoms. The molecule has 6 aromatic carbocycles. The first-order valence-electron chi connectivity index (χ1n) is 30.3. The van der Waals surface area contributed by atoms with Crippen LogP contribution in [0.15, 0.2) is 182 Å². The summed E-state index contributed by atoms with van der Waals surface area (Å²) in [6, 6.07) is 58.0. The third kappa shape index (κ3) is 18.2. The van der Waals surface area contributed by atoms with Crippen molar-refractivity contribution in [3.63, 3.8) is 0 Å². The quantitative estimate of drug-likeness (QED) is 0.0232. The molecule has 4 unspecified atom stereocenters. The fourth-order valence-corrected chi connectivity index (χ4v) is 20.8. The van der Waals surface area contributed by atoms with E-state index in [-0.39, 0.29) is 22.3 Å². The number of aliphatic hydroxyl groups excluding tert-OH is 2. The van der Waals surface area contributed by atoms with E-state index in [1.807, 2.05) is 94.4 Å². The van der Waals surface area contributed by atoms with E-state index in [1.165, 1.54) is 20.7 Å². The maximum atomic E-state index is 11.1. The van der Waals surface area contributed by atoms with Gasteiger partial charge in [-0.25, -0.2) is 0 Å². The van der Waals surface area contributed by atoms with Gasteiger partial charge in [-0.3, -0.25) is 0 Å². The van der Waals surface area contributed by atoms with Gasteiger partial charge in [-0.15, -0.1) is 0 Å². The Balaban J connectivity index is 0.000000246. The predicted octanol–water partition coefficient (Wildman–Crippen LogP) is 11.5. The van der Waals surface area contributed by atoms with E-state index in [0.29, 0.717) is 65.3 Å². The fourth-order valence-electron chi connectivity index (χ4n) is 11.6. The van der Waals surface area contributed by atoms with Crippen LogP contribution in [0.4, 0.5) is 0 Å². The number of hydrogen-bond donors (Lipinski definition) is 2. The summed E-state index contributed by atoms with van der Waals surface area (Å²) in [4.78, 5) is 0. The molecule has 0 aliphatic carbocycles. The van der Waals surface area contributed by atoms with Gasteiger partial charge in [0.25, 0.3) is 16.6 Å². The Morgan fingerprint density at radius 3 is 1.26 bits per heavy atom. The van der Waals surface area contributed by atoms with Gasteiger partial charge >= 0.3 is 0 Å². The maximum absolute atomic E-state index is 11.1. The lowest BCUT2D eigenvalue weighted by Gasteiger charge is -2.43. The van der Waals surface area contributed by atoms with Gasteiger partial charge < -0.3 is 57.0 Å². The lowest BCUT2D eigenvalue weighted by molar-refractivity contribution is -0.153. The van der Waals surface area contributed by atoms with Crippen LogP contribution in [0.3, 0.4) is 0 Å². The second kappa shape index (κ2) is 31.4. The highest BCUT2D eigenvalue weighted by Gasteiger charge is 2.53. The summed E-state index contributed by atoms with van der Waals surface area (Å²) in [7, 11) is -2.04. The molecule has 2 N–H and O–H groups in total. The molecule has 8 rings (SSSR count). The van der Waals surface area contributed by atoms with Gasteiger partial charge in [-0.05, 0) is 113 Å². The number of hydrogen-bond acceptors (Lipinski definition) is 12. The molecular formula is C72H94O12Si2. The van der Waals surface area contributed by atoms with Crippen LogP contribution in [-0.4, -0.2) is 116 Å². The molecule has 2 fully saturated rings. The van der Waals surface area contributed by atoms with Crippen LogP contribution in [0.25, 0.3) is 0 Å². The SMILES string of the molecule is COc1ccc(COCC/C=C\C(O)C2OC(C)(C)O[C@H]2CCO[Si](c2ccccc2)(c2ccccc2)C(C)(C)C)cc1.COc1ccc(COCCC#CC(O)C2OC(C)(C)O[C@H]2CCO[Si](c2ccccc2)(c2ccccc2)C(C)(C)C)cc1. The van der Waals surface area contributed by atoms with Crippen molar-refractivity contribution in [1.29, 1.82) is 0 Å². The van der Waals surface area contributed by atoms with Crippen LogP contribution in [0.2, 0.25) is 10.1 Å². The standard InChI is InChI=1S/C36H48O6Si.C36H46O6Si/c2*1-35(2,3)43(30-15-9-7-10-16-30,31-17-11-8-12-18-31)40-26-24-33-34(42-36(4,5)41-33)32(37)19-13-14-25-39-27-28-20-22-29(38-6)23-21-28/h7-13,15-23,32-34,37H,14,24-27H2,1-6H3;7-12,15-18,20-23,32-34,37H,14,24-27H2,1-6H3/b19-13-;/t2*32?,33-,34?/m00/s1. The van der Waals surface area contributed by atoms with E-state index >= 15 is 0 Å². The minimum Gasteiger partial charge on any atom is -0.497 e. The maximum Gasteiger partial charge on any atom is 0.261 e. The zero-order valence-corrected chi connectivity index (χ0v) is 54.8. The Morgan fingerprint density at radius 2 is 0.872 bits per heavy atom. The first-order chi connectivity index (χ1) is 41.1. The van der Waals surface area contributed by atoms with Crippen LogP contribution < -0.4 is 30.2 Å². The second-order valence-corrected chi connectivity index (χ2v) is 33.5. The molecule has 0 amide bonds. The van der Waals surface area contributed by atoms with E-state index in [1.54, 1.807) is 20.3 Å². The van der Waals surface area contributed by atoms with Crippen molar-refractivity contribution in [3.8, 4) is 23.3 Å². The van der Waals surface area contributed by atoms with Crippen molar-refractivity contribution in [3.05, 3.63) is 193 Å². The Bertz CT molecular complexity index is 2930. The summed E-state index contributed by atoms with van der Waals surface area (Å²) in [6.45, 7) is 24.1. The predicted molar refractivity (Wildman–Crippen MR) is 347 cm³/mol. The lowest BCUT2D eigenvalue weighted by atomic mass is 10.1. The van der Waals surface area contributed by atoms with E-state index in [9.17, 15) is 10.2 Å². The van der Waals surface area contributed by atoms with Crippen molar-refractivity contribution in [2.24, 2.45) is 0 Å². The average Bonchev–Trinajstić information content (AvgIpc) is 1.09. The molecular weight excluding hydrogens is 1110 g/mol. The third-order valence-corrected chi connectivity index (χ3v) is 25.7. The molecule has 2 saturated heterocycles. The lowest BCUT2D eigenvalue weighted by Crippen LogP contribution is -2.66. The first kappa shape index (κ1) is 67.8. The number of benzene rings is 6. The molecule has 462 valence electrons. The molecule has 0 bridgehead atoms. The minimum atomic E-state index is -2.68. The summed E-state index contributed by atoms with van der Waals surface area (Å²) >= 11 is 0. The van der Waals surface area contributed by atoms with E-state index in [4.69, 9.17) is 46.7 Å². The van der Waals surface area contributed by atoms with Crippen molar-refractivity contribution >= 4 is 37.4 Å². The van der Waals surface area contributed by atoms with Crippen molar-refractivity contribution in [2.75, 3.05) is 40.6 Å². The monoisotopic (exact) mass is 1210 g/mol. The zero-order valence-electron chi connectivity index (χ0n) is 52.8. The molecule has 2 heterocycles. The van der Waals surface area contributed by atoms with Gasteiger partial charge in [0.2, 0.25) is 0 Å². The summed E-state index contributed by atoms with van der Waals surface area (Å²) in [5.74, 6) is 6.05. The first-order valence-corrected chi connectivity index (χ1v) is 34.1. The van der Waals surface area contributed by atoms with Gasteiger partial charge in [0.05, 0.1) is 52.9 Å². The average molecular weight is 1210 g/mol. The minimum absolute atomic E-state index is 0.112. The summed E-state index contributed by atoms with van der Waals surface area (Å²) < 4.78 is 60.9. The third-order valence-electron chi connectivity index (χ3n) is 15.6. The van der Waals surface area contributed by atoms with Crippen LogP contribution in [0.5, 0.6) is 11.5 Å². The number of ether oxygens (including phenoxy) is 8. The Labute approximate surface area is 515 Å². The molecule has 6 aromatic rings. The molecule has 0 radical (unpaired) electrons. The second-order valence-electron chi connectivity index (χ2n) is 24.9. The van der Waals surface area contributed by atoms with Crippen molar-refractivity contribution in [1.82, 2.24) is 0 Å². The number of rotatable bonds is 26. The number of aliphatic hydroxyl groups is 2. The van der Waals surface area contributed by atoms with E-state index in [0.717, 1.165) is 22.6 Å². The van der Waals surface area contributed by atoms with Crippen LogP contribution >= 0.6 is 0 Å². The summed E-state index contributed by atoms with van der Waals surface area (Å²) in [6.07, 6.45) is 2.59. The Kier molecular flexibility index (Phi) is 24.8. The highest BCUT2D eigenvalue weighted by molar-refractivity contribution is 7.00. The molecule has 12 nitrogen and oxygen atoms in total. The zero-order chi connectivity index (χ0) is 61.9. The van der Waals surface area contributed by atoms with Crippen LogP contribution in [0, 0.1) is 11.8 Å². The van der Waals surface area contributed by atoms with E-state index < -0.39 is 52.6 Å². The van der Waals surface area contributed by atoms with Crippen molar-refractivity contribution < 1.29 is 57.0 Å². The van der Waals surface area contributed by atoms with Crippen LogP contribution in [-0.2, 0) is 50.5 Å². The highest BCUT2D eigenvalue weighted by atomic mass is 28.4. The van der Waals surface area contributed by atoms with Crippen molar-refractivity contribution in [2.45, 2.75) is 166 Å². The molecule has 2 aliphatic rings. The Morgan fingerprint density at radius 1 is 0.500 bits per heavy atom. The van der Waals surface area contributed by atoms with Gasteiger partial charge in [0.1, 0.15) is 35.9 Å². The van der Waals surface area contributed by atoms with Gasteiger partial charge in [-0.1, -0.05) is 211 Å². The number of methoxy groups -OCH3 is 2. The molecule has 2 aliphatic heterocycles. The molecule has 14 heteroatoms. The molecule has 0 spiro atoms. The Hall–Kier alpha value is -5.75. The van der Waals surface area contributed by atoms with Gasteiger partial charge in [-0.2, -0.15) is 0 Å². The van der Waals surface area contributed by atoms with Gasteiger partial charge in [0, 0.05) is 19.6 Å². The van der Waals surface area contributed by atoms with E-state index in [2.05, 4.69) is 163 Å². The summed E-state index contributed by atoms with van der Waals surface area (Å²) in [5, 5.41) is 26.8. The molecule has 6 atom stereocenters. The van der Waals surface area contributed by atoms with Gasteiger partial charge in [0.15, 0.2) is 11.6 Å². The molecule has 0 saturated carbocycles. The highest BCUT2D eigenvalue weighted by Crippen LogP contribution is 2.40. The normalized spacial score (nSPS) is 19.2. The summed E-state index contributed by atoms with van der Waals surface area (Å²) in [5.41, 5.74) is 2.15. The topological polar surface area (TPSA) is 133 Å². The van der Waals surface area contributed by atoms with Crippen LogP contribution in [0.1, 0.15) is 106 Å². The largest absolute Gasteiger partial charge is 0.497 e. The smallest absolute Gasteiger partial charge is 0.261 e. The molecule has 0 aromatic heterocycles.